The van der Waals surface area contributed by atoms with Gasteiger partial charge >= 0.3 is 0 Å². The zero-order valence-electron chi connectivity index (χ0n) is 15.8. The number of fused-ring (bicyclic) bond motifs is 1. The number of nitrogens with one attached hydrogen (secondary N) is 1. The van der Waals surface area contributed by atoms with Gasteiger partial charge in [0.25, 0.3) is 5.56 Å². The van der Waals surface area contributed by atoms with E-state index in [1.165, 1.54) is 0 Å². The van der Waals surface area contributed by atoms with Gasteiger partial charge in [0, 0.05) is 57.4 Å². The normalized spacial score (nSPS) is 15.0. The minimum atomic E-state index is -0.0843. The Bertz CT molecular complexity index is 1030. The Labute approximate surface area is 162 Å². The van der Waals surface area contributed by atoms with Crippen molar-refractivity contribution in [1.29, 1.82) is 0 Å². The molecule has 1 fully saturated rings. The lowest BCUT2D eigenvalue weighted by molar-refractivity contribution is 0.0398. The van der Waals surface area contributed by atoms with E-state index in [0.717, 1.165) is 43.8 Å². The van der Waals surface area contributed by atoms with Crippen LogP contribution in [0.2, 0.25) is 0 Å². The van der Waals surface area contributed by atoms with Crippen LogP contribution in [-0.2, 0) is 11.8 Å². The van der Waals surface area contributed by atoms with Crippen LogP contribution in [0.15, 0.2) is 35.5 Å². The maximum atomic E-state index is 12.7. The highest BCUT2D eigenvalue weighted by Crippen LogP contribution is 2.25. The van der Waals surface area contributed by atoms with Crippen LogP contribution in [0.3, 0.4) is 0 Å². The molecule has 3 aromatic heterocycles. The highest BCUT2D eigenvalue weighted by Gasteiger charge is 2.14. The predicted octanol–water partition coefficient (Wildman–Crippen LogP) is 0.717. The van der Waals surface area contributed by atoms with Crippen molar-refractivity contribution in [2.24, 2.45) is 7.05 Å². The summed E-state index contributed by atoms with van der Waals surface area (Å²) in [6.07, 6.45) is 5.02. The van der Waals surface area contributed by atoms with Gasteiger partial charge in [-0.15, -0.1) is 0 Å². The summed E-state index contributed by atoms with van der Waals surface area (Å²) in [6.45, 7) is 4.89. The highest BCUT2D eigenvalue weighted by atomic mass is 16.5. The van der Waals surface area contributed by atoms with Crippen LogP contribution in [0.5, 0.6) is 0 Å². The molecule has 0 bridgehead atoms. The molecule has 9 heteroatoms. The monoisotopic (exact) mass is 381 g/mol. The summed E-state index contributed by atoms with van der Waals surface area (Å²) in [4.78, 5) is 27.8. The van der Waals surface area contributed by atoms with E-state index in [9.17, 15) is 4.79 Å². The Morgan fingerprint density at radius 1 is 1.25 bits per heavy atom. The lowest BCUT2D eigenvalue weighted by Crippen LogP contribution is -2.39. The minimum absolute atomic E-state index is 0.0843. The number of rotatable bonds is 5. The molecule has 0 aromatic carbocycles. The molecule has 1 saturated heterocycles. The molecular formula is C19H23N7O2. The molecule has 4 rings (SSSR count). The Balaban J connectivity index is 1.68. The van der Waals surface area contributed by atoms with E-state index in [1.807, 2.05) is 12.1 Å². The first kappa shape index (κ1) is 18.3. The second-order valence-corrected chi connectivity index (χ2v) is 6.76. The molecule has 3 aromatic rings. The molecule has 0 spiro atoms. The fourth-order valence-corrected chi connectivity index (χ4v) is 3.26. The van der Waals surface area contributed by atoms with E-state index in [2.05, 4.69) is 20.2 Å². The molecule has 0 saturated carbocycles. The minimum Gasteiger partial charge on any atom is -0.379 e. The molecule has 0 unspecified atom stereocenters. The lowest BCUT2D eigenvalue weighted by atomic mass is 10.1. The van der Waals surface area contributed by atoms with Crippen LogP contribution < -0.4 is 16.6 Å². The fraction of sp³-hybridized carbons (Fsp3) is 0.368. The van der Waals surface area contributed by atoms with E-state index in [-0.39, 0.29) is 11.5 Å². The molecule has 9 nitrogen and oxygen atoms in total. The Morgan fingerprint density at radius 2 is 2.00 bits per heavy atom. The smallest absolute Gasteiger partial charge is 0.261 e. The standard InChI is InChI=1S/C19H23N7O2/c1-25-4-2-13-10-15(14-11-22-19(20)23-12-14)24-17(16(13)18(25)27)21-3-5-26-6-8-28-9-7-26/h2,4,10-12H,3,5-9H2,1H3,(H,21,24)(H2,20,22,23). The first-order chi connectivity index (χ1) is 13.6. The van der Waals surface area contributed by atoms with Gasteiger partial charge in [-0.3, -0.25) is 9.69 Å². The molecule has 0 aliphatic carbocycles. The third-order valence-corrected chi connectivity index (χ3v) is 4.85. The lowest BCUT2D eigenvalue weighted by Gasteiger charge is -2.26. The first-order valence-electron chi connectivity index (χ1n) is 9.24. The van der Waals surface area contributed by atoms with Crippen molar-refractivity contribution < 1.29 is 4.74 Å². The molecule has 146 valence electrons. The molecule has 1 aliphatic rings. The number of aryl methyl sites for hydroxylation is 1. The average Bonchev–Trinajstić information content (AvgIpc) is 2.72. The highest BCUT2D eigenvalue weighted by molar-refractivity contribution is 5.93. The first-order valence-corrected chi connectivity index (χ1v) is 9.24. The van der Waals surface area contributed by atoms with E-state index in [1.54, 1.807) is 30.2 Å². The van der Waals surface area contributed by atoms with Crippen LogP contribution in [-0.4, -0.2) is 63.8 Å². The van der Waals surface area contributed by atoms with Crippen molar-refractivity contribution in [3.05, 3.63) is 41.1 Å². The number of aromatic nitrogens is 4. The number of pyridine rings is 2. The van der Waals surface area contributed by atoms with E-state index >= 15 is 0 Å². The maximum Gasteiger partial charge on any atom is 0.261 e. The number of hydrogen-bond acceptors (Lipinski definition) is 8. The average molecular weight is 381 g/mol. The van der Waals surface area contributed by atoms with Gasteiger partial charge in [-0.2, -0.15) is 0 Å². The molecule has 0 amide bonds. The summed E-state index contributed by atoms with van der Waals surface area (Å²) < 4.78 is 6.94. The van der Waals surface area contributed by atoms with Gasteiger partial charge in [-0.1, -0.05) is 0 Å². The largest absolute Gasteiger partial charge is 0.379 e. The van der Waals surface area contributed by atoms with E-state index in [0.29, 0.717) is 23.4 Å². The molecule has 4 heterocycles. The van der Waals surface area contributed by atoms with Gasteiger partial charge in [0.1, 0.15) is 5.82 Å². The Hall–Kier alpha value is -3.04. The predicted molar refractivity (Wildman–Crippen MR) is 108 cm³/mol. The van der Waals surface area contributed by atoms with Gasteiger partial charge in [0.2, 0.25) is 5.95 Å². The summed E-state index contributed by atoms with van der Waals surface area (Å²) >= 11 is 0. The van der Waals surface area contributed by atoms with Crippen LogP contribution in [0, 0.1) is 0 Å². The summed E-state index contributed by atoms with van der Waals surface area (Å²) in [7, 11) is 1.74. The molecule has 0 radical (unpaired) electrons. The number of hydrogen-bond donors (Lipinski definition) is 2. The quantitative estimate of drug-likeness (QED) is 0.665. The SMILES string of the molecule is Cn1ccc2cc(-c3cnc(N)nc3)nc(NCCN3CCOCC3)c2c1=O. The van der Waals surface area contributed by atoms with Crippen LogP contribution in [0.25, 0.3) is 22.0 Å². The van der Waals surface area contributed by atoms with Crippen LogP contribution >= 0.6 is 0 Å². The molecule has 28 heavy (non-hydrogen) atoms. The van der Waals surface area contributed by atoms with Gasteiger partial charge in [0.05, 0.1) is 24.3 Å². The zero-order chi connectivity index (χ0) is 19.5. The summed E-state index contributed by atoms with van der Waals surface area (Å²) in [5.41, 5.74) is 6.93. The second-order valence-electron chi connectivity index (χ2n) is 6.76. The van der Waals surface area contributed by atoms with Crippen molar-refractivity contribution in [2.75, 3.05) is 50.4 Å². The van der Waals surface area contributed by atoms with Gasteiger partial charge in [0.15, 0.2) is 0 Å². The number of nitrogens with zero attached hydrogens (tertiary/aromatic N) is 5. The summed E-state index contributed by atoms with van der Waals surface area (Å²) in [6, 6.07) is 3.78. The number of nitrogens with two attached hydrogens (primary N) is 1. The van der Waals surface area contributed by atoms with Crippen molar-refractivity contribution >= 4 is 22.5 Å². The Morgan fingerprint density at radius 3 is 2.75 bits per heavy atom. The van der Waals surface area contributed by atoms with E-state index < -0.39 is 0 Å². The number of ether oxygens (including phenoxy) is 1. The van der Waals surface area contributed by atoms with Gasteiger partial charge < -0.3 is 20.4 Å². The van der Waals surface area contributed by atoms with Crippen LogP contribution in [0.1, 0.15) is 0 Å². The summed E-state index contributed by atoms with van der Waals surface area (Å²) in [5, 5.41) is 4.75. The second kappa shape index (κ2) is 7.91. The van der Waals surface area contributed by atoms with Crippen LogP contribution in [0.4, 0.5) is 11.8 Å². The molecule has 3 N–H and O–H groups in total. The van der Waals surface area contributed by atoms with Crippen molar-refractivity contribution in [3.63, 3.8) is 0 Å². The third kappa shape index (κ3) is 3.80. The molecular weight excluding hydrogens is 358 g/mol. The van der Waals surface area contributed by atoms with Crippen molar-refractivity contribution in [3.8, 4) is 11.3 Å². The third-order valence-electron chi connectivity index (χ3n) is 4.85. The zero-order valence-corrected chi connectivity index (χ0v) is 15.8. The fourth-order valence-electron chi connectivity index (χ4n) is 3.26. The topological polar surface area (TPSA) is 111 Å². The number of morpholine rings is 1. The number of nitrogen functional groups attached to an aromatic ring is 1. The van der Waals surface area contributed by atoms with Gasteiger partial charge in [-0.25, -0.2) is 15.0 Å². The molecule has 1 aliphatic heterocycles. The summed E-state index contributed by atoms with van der Waals surface area (Å²) in [5.74, 6) is 0.779. The van der Waals surface area contributed by atoms with E-state index in [4.69, 9.17) is 15.5 Å². The molecule has 0 atom stereocenters. The van der Waals surface area contributed by atoms with Crippen molar-refractivity contribution in [1.82, 2.24) is 24.4 Å². The number of anilines is 2. The van der Waals surface area contributed by atoms with Crippen molar-refractivity contribution in [2.45, 2.75) is 0 Å². The maximum absolute atomic E-state index is 12.7. The van der Waals surface area contributed by atoms with Gasteiger partial charge in [-0.05, 0) is 17.5 Å². The Kier molecular flexibility index (Phi) is 5.18.